The predicted molar refractivity (Wildman–Crippen MR) is 99.0 cm³/mol. The molecule has 1 saturated heterocycles. The van der Waals surface area contributed by atoms with Crippen LogP contribution in [0.2, 0.25) is 0 Å². The van der Waals surface area contributed by atoms with Crippen LogP contribution >= 0.6 is 0 Å². The number of hydrogen-bond acceptors (Lipinski definition) is 6. The van der Waals surface area contributed by atoms with E-state index in [-0.39, 0.29) is 16.7 Å². The Morgan fingerprint density at radius 1 is 1.22 bits per heavy atom. The van der Waals surface area contributed by atoms with Gasteiger partial charge in [0.1, 0.15) is 17.1 Å². The van der Waals surface area contributed by atoms with Crippen LogP contribution in [0.3, 0.4) is 0 Å². The van der Waals surface area contributed by atoms with Gasteiger partial charge < -0.3 is 9.84 Å². The van der Waals surface area contributed by atoms with Gasteiger partial charge >= 0.3 is 6.09 Å². The first-order chi connectivity index (χ1) is 12.6. The highest BCUT2D eigenvalue weighted by atomic mass is 16.6. The molecule has 2 N–H and O–H groups in total. The van der Waals surface area contributed by atoms with E-state index >= 15 is 0 Å². The van der Waals surface area contributed by atoms with Crippen molar-refractivity contribution in [1.29, 1.82) is 5.41 Å². The molecule has 0 saturated carbocycles. The van der Waals surface area contributed by atoms with Crippen LogP contribution in [0, 0.1) is 5.41 Å². The molecule has 1 aromatic rings. The molecule has 1 amide bonds. The molecule has 0 spiro atoms. The summed E-state index contributed by atoms with van der Waals surface area (Å²) in [4.78, 5) is 39.3. The normalized spacial score (nSPS) is 20.0. The summed E-state index contributed by atoms with van der Waals surface area (Å²) in [5.74, 6) is -1.62. The Hall–Kier alpha value is -2.96. The van der Waals surface area contributed by atoms with E-state index in [9.17, 15) is 19.5 Å². The van der Waals surface area contributed by atoms with Gasteiger partial charge in [0.05, 0.1) is 11.6 Å². The standard InChI is InChI=1S/C20H22N2O5/c1-20(2,3)27-19(26)22-10-6-9-13(22)18(25)14-15(21)17(24)12-8-5-4-7-11(12)16(14)23/h4-5,7-8,13,21,23H,6,9-10H2,1-3H3/t13-/m0/s1. The SMILES string of the molecule is CC(C)(C)OC(=O)N1CCC[C@H]1C(=O)C1=C(O)c2ccccc2C(=O)C1=N. The van der Waals surface area contributed by atoms with Crippen LogP contribution < -0.4 is 0 Å². The maximum absolute atomic E-state index is 13.1. The third kappa shape index (κ3) is 3.37. The van der Waals surface area contributed by atoms with Gasteiger partial charge in [0.2, 0.25) is 5.78 Å². The lowest BCUT2D eigenvalue weighted by atomic mass is 9.84. The number of likely N-dealkylation sites (tertiary alicyclic amines) is 1. The predicted octanol–water partition coefficient (Wildman–Crippen LogP) is 3.14. The number of nitrogens with one attached hydrogen (secondary N) is 1. The van der Waals surface area contributed by atoms with E-state index in [1.165, 1.54) is 17.0 Å². The van der Waals surface area contributed by atoms with E-state index < -0.39 is 40.8 Å². The van der Waals surface area contributed by atoms with Gasteiger partial charge in [-0.3, -0.25) is 19.9 Å². The first kappa shape index (κ1) is 18.8. The number of aliphatic hydroxyl groups excluding tert-OH is 1. The molecule has 0 unspecified atom stereocenters. The van der Waals surface area contributed by atoms with Crippen molar-refractivity contribution in [3.8, 4) is 0 Å². The van der Waals surface area contributed by atoms with Gasteiger partial charge in [-0.25, -0.2) is 4.79 Å². The number of carbonyl (C=O) groups is 3. The van der Waals surface area contributed by atoms with Gasteiger partial charge in [-0.15, -0.1) is 0 Å². The number of carbonyl (C=O) groups excluding carboxylic acids is 3. The second kappa shape index (κ2) is 6.64. The van der Waals surface area contributed by atoms with Crippen LogP contribution in [-0.2, 0) is 9.53 Å². The van der Waals surface area contributed by atoms with Crippen molar-refractivity contribution >= 4 is 29.1 Å². The summed E-state index contributed by atoms with van der Waals surface area (Å²) in [5, 5.41) is 18.7. The first-order valence-corrected chi connectivity index (χ1v) is 8.82. The zero-order valence-corrected chi connectivity index (χ0v) is 15.5. The molecule has 1 atom stereocenters. The summed E-state index contributed by atoms with van der Waals surface area (Å²) in [6.07, 6.45) is 0.368. The van der Waals surface area contributed by atoms with Crippen LogP contribution in [0.15, 0.2) is 29.8 Å². The molecule has 1 aromatic carbocycles. The van der Waals surface area contributed by atoms with Gasteiger partial charge in [-0.05, 0) is 33.6 Å². The molecule has 7 heteroatoms. The number of nitrogens with zero attached hydrogens (tertiary/aromatic N) is 1. The molecular formula is C20H22N2O5. The van der Waals surface area contributed by atoms with Gasteiger partial charge in [-0.2, -0.15) is 0 Å². The third-order valence-electron chi connectivity index (χ3n) is 4.57. The number of fused-ring (bicyclic) bond motifs is 1. The number of benzene rings is 1. The zero-order chi connectivity index (χ0) is 19.9. The first-order valence-electron chi connectivity index (χ1n) is 8.82. The summed E-state index contributed by atoms with van der Waals surface area (Å²) in [5.41, 5.74) is -1.18. The summed E-state index contributed by atoms with van der Waals surface area (Å²) >= 11 is 0. The van der Waals surface area contributed by atoms with Crippen molar-refractivity contribution in [2.75, 3.05) is 6.54 Å². The van der Waals surface area contributed by atoms with Crippen LogP contribution in [0.4, 0.5) is 4.79 Å². The Labute approximate surface area is 157 Å². The van der Waals surface area contributed by atoms with Crippen LogP contribution in [0.1, 0.15) is 49.5 Å². The van der Waals surface area contributed by atoms with E-state index in [1.54, 1.807) is 32.9 Å². The molecule has 1 heterocycles. The minimum Gasteiger partial charge on any atom is -0.506 e. The highest BCUT2D eigenvalue weighted by Gasteiger charge is 2.42. The van der Waals surface area contributed by atoms with Crippen molar-refractivity contribution < 1.29 is 24.2 Å². The molecule has 142 valence electrons. The average Bonchev–Trinajstić information content (AvgIpc) is 3.08. The molecule has 0 bridgehead atoms. The Balaban J connectivity index is 1.96. The van der Waals surface area contributed by atoms with Gasteiger partial charge in [0.15, 0.2) is 5.78 Å². The molecule has 0 aromatic heterocycles. The van der Waals surface area contributed by atoms with Gasteiger partial charge in [-0.1, -0.05) is 24.3 Å². The molecule has 2 aliphatic rings. The number of amides is 1. The lowest BCUT2D eigenvalue weighted by molar-refractivity contribution is -0.119. The van der Waals surface area contributed by atoms with E-state index in [1.807, 2.05) is 0 Å². The summed E-state index contributed by atoms with van der Waals surface area (Å²) in [6.45, 7) is 5.55. The number of hydrogen-bond donors (Lipinski definition) is 2. The molecule has 1 fully saturated rings. The number of Topliss-reactive ketones (excluding diaryl/α,β-unsaturated/α-hetero) is 2. The van der Waals surface area contributed by atoms with Crippen molar-refractivity contribution in [2.45, 2.75) is 45.3 Å². The molecule has 3 rings (SSSR count). The molecule has 1 aliphatic heterocycles. The van der Waals surface area contributed by atoms with Gasteiger partial charge in [0, 0.05) is 17.7 Å². The Kier molecular flexibility index (Phi) is 4.63. The van der Waals surface area contributed by atoms with Crippen LogP contribution in [0.25, 0.3) is 5.76 Å². The average molecular weight is 370 g/mol. The van der Waals surface area contributed by atoms with Gasteiger partial charge in [0.25, 0.3) is 0 Å². The quantitative estimate of drug-likeness (QED) is 0.831. The summed E-state index contributed by atoms with van der Waals surface area (Å²) in [6, 6.07) is 5.44. The fourth-order valence-corrected chi connectivity index (χ4v) is 3.37. The van der Waals surface area contributed by atoms with Crippen LogP contribution in [-0.4, -0.2) is 51.6 Å². The van der Waals surface area contributed by atoms with Crippen molar-refractivity contribution in [3.05, 3.63) is 41.0 Å². The largest absolute Gasteiger partial charge is 0.506 e. The maximum atomic E-state index is 13.1. The minimum atomic E-state index is -0.865. The van der Waals surface area contributed by atoms with Crippen molar-refractivity contribution in [1.82, 2.24) is 4.90 Å². The van der Waals surface area contributed by atoms with E-state index in [0.717, 1.165) is 0 Å². The summed E-state index contributed by atoms with van der Waals surface area (Å²) in [7, 11) is 0. The van der Waals surface area contributed by atoms with E-state index in [2.05, 4.69) is 0 Å². The highest BCUT2D eigenvalue weighted by Crippen LogP contribution is 2.31. The molecule has 7 nitrogen and oxygen atoms in total. The van der Waals surface area contributed by atoms with Crippen molar-refractivity contribution in [2.24, 2.45) is 0 Å². The number of rotatable bonds is 2. The van der Waals surface area contributed by atoms with Crippen LogP contribution in [0.5, 0.6) is 0 Å². The molecule has 0 radical (unpaired) electrons. The van der Waals surface area contributed by atoms with E-state index in [4.69, 9.17) is 10.1 Å². The number of ether oxygens (including phenoxy) is 1. The zero-order valence-electron chi connectivity index (χ0n) is 15.5. The van der Waals surface area contributed by atoms with E-state index in [0.29, 0.717) is 19.4 Å². The second-order valence-corrected chi connectivity index (χ2v) is 7.67. The topological polar surface area (TPSA) is 108 Å². The second-order valence-electron chi connectivity index (χ2n) is 7.67. The maximum Gasteiger partial charge on any atom is 0.410 e. The lowest BCUT2D eigenvalue weighted by Gasteiger charge is -2.29. The lowest BCUT2D eigenvalue weighted by Crippen LogP contribution is -2.45. The monoisotopic (exact) mass is 370 g/mol. The third-order valence-corrected chi connectivity index (χ3v) is 4.57. The molecule has 1 aliphatic carbocycles. The molecule has 27 heavy (non-hydrogen) atoms. The number of aliphatic hydroxyl groups is 1. The Bertz CT molecular complexity index is 879. The Morgan fingerprint density at radius 2 is 1.85 bits per heavy atom. The minimum absolute atomic E-state index is 0.187. The Morgan fingerprint density at radius 3 is 2.48 bits per heavy atom. The smallest absolute Gasteiger partial charge is 0.410 e. The fourth-order valence-electron chi connectivity index (χ4n) is 3.37. The van der Waals surface area contributed by atoms with Crippen molar-refractivity contribution in [3.63, 3.8) is 0 Å². The fraction of sp³-hybridized carbons (Fsp3) is 0.400. The highest BCUT2D eigenvalue weighted by molar-refractivity contribution is 6.58. The summed E-state index contributed by atoms with van der Waals surface area (Å²) < 4.78 is 5.36. The molecular weight excluding hydrogens is 348 g/mol. The number of ketones is 2.